The van der Waals surface area contributed by atoms with Gasteiger partial charge in [-0.15, -0.1) is 13.2 Å². The number of carboxylic acids is 1. The zero-order valence-corrected chi connectivity index (χ0v) is 17.7. The summed E-state index contributed by atoms with van der Waals surface area (Å²) in [5.41, 5.74) is 1.94. The van der Waals surface area contributed by atoms with Gasteiger partial charge >= 0.3 is 12.3 Å². The van der Waals surface area contributed by atoms with E-state index in [2.05, 4.69) is 4.74 Å². The SMILES string of the molecule is CCC1Oc2cc(C)c(-c3cc(/C=C/C(=O)O)ccc3OC(F)(F)F)cc2N(CC)C1=O. The van der Waals surface area contributed by atoms with Gasteiger partial charge in [-0.2, -0.15) is 0 Å². The maximum atomic E-state index is 13.0. The normalized spacial score (nSPS) is 16.1. The van der Waals surface area contributed by atoms with Crippen LogP contribution in [0.5, 0.6) is 11.5 Å². The first-order valence-electron chi connectivity index (χ1n) is 9.97. The molecule has 1 atom stereocenters. The quantitative estimate of drug-likeness (QED) is 0.615. The van der Waals surface area contributed by atoms with Gasteiger partial charge in [0.25, 0.3) is 5.91 Å². The highest BCUT2D eigenvalue weighted by molar-refractivity contribution is 6.01. The number of hydrogen-bond acceptors (Lipinski definition) is 4. The Morgan fingerprint density at radius 3 is 2.53 bits per heavy atom. The molecular weight excluding hydrogens is 427 g/mol. The van der Waals surface area contributed by atoms with Gasteiger partial charge in [-0.1, -0.05) is 13.0 Å². The van der Waals surface area contributed by atoms with Crippen LogP contribution in [0.25, 0.3) is 17.2 Å². The van der Waals surface area contributed by atoms with E-state index in [1.165, 1.54) is 23.1 Å². The highest BCUT2D eigenvalue weighted by Gasteiger charge is 2.35. The number of aryl methyl sites for hydroxylation is 1. The maximum absolute atomic E-state index is 13.0. The molecule has 1 unspecified atom stereocenters. The molecule has 2 aromatic carbocycles. The lowest BCUT2D eigenvalue weighted by molar-refractivity contribution is -0.274. The van der Waals surface area contributed by atoms with Crippen LogP contribution < -0.4 is 14.4 Å². The first-order valence-corrected chi connectivity index (χ1v) is 9.97. The molecule has 1 N–H and O–H groups in total. The van der Waals surface area contributed by atoms with Crippen LogP contribution in [0.1, 0.15) is 31.4 Å². The van der Waals surface area contributed by atoms with E-state index in [4.69, 9.17) is 9.84 Å². The minimum atomic E-state index is -4.92. The largest absolute Gasteiger partial charge is 0.573 e. The summed E-state index contributed by atoms with van der Waals surface area (Å²) in [5.74, 6) is -1.38. The van der Waals surface area contributed by atoms with Crippen LogP contribution in [-0.4, -0.2) is 36.0 Å². The molecule has 32 heavy (non-hydrogen) atoms. The predicted octanol–water partition coefficient (Wildman–Crippen LogP) is 5.18. The summed E-state index contributed by atoms with van der Waals surface area (Å²) in [6, 6.07) is 7.15. The fraction of sp³-hybridized carbons (Fsp3) is 0.304. The average Bonchev–Trinajstić information content (AvgIpc) is 2.71. The summed E-state index contributed by atoms with van der Waals surface area (Å²) in [6.45, 7) is 5.71. The number of alkyl halides is 3. The van der Waals surface area contributed by atoms with Crippen molar-refractivity contribution in [3.05, 3.63) is 47.5 Å². The molecule has 3 rings (SSSR count). The van der Waals surface area contributed by atoms with Crippen molar-refractivity contribution in [2.45, 2.75) is 39.7 Å². The molecule has 170 valence electrons. The Morgan fingerprint density at radius 2 is 1.94 bits per heavy atom. The monoisotopic (exact) mass is 449 g/mol. The number of amides is 1. The molecule has 0 aliphatic carbocycles. The number of nitrogens with zero attached hydrogens (tertiary/aromatic N) is 1. The van der Waals surface area contributed by atoms with Gasteiger partial charge in [0.2, 0.25) is 0 Å². The second kappa shape index (κ2) is 8.94. The van der Waals surface area contributed by atoms with Gasteiger partial charge in [0, 0.05) is 18.2 Å². The second-order valence-electron chi connectivity index (χ2n) is 7.21. The van der Waals surface area contributed by atoms with Crippen LogP contribution in [-0.2, 0) is 9.59 Å². The number of carbonyl (C=O) groups excluding carboxylic acids is 1. The summed E-state index contributed by atoms with van der Waals surface area (Å²) >= 11 is 0. The first-order chi connectivity index (χ1) is 15.0. The van der Waals surface area contributed by atoms with Crippen molar-refractivity contribution < 1.29 is 37.3 Å². The smallest absolute Gasteiger partial charge is 0.478 e. The van der Waals surface area contributed by atoms with E-state index in [1.807, 2.05) is 6.92 Å². The Kier molecular flexibility index (Phi) is 6.47. The molecule has 0 fully saturated rings. The Bertz CT molecular complexity index is 1080. The summed E-state index contributed by atoms with van der Waals surface area (Å²) in [5, 5.41) is 8.86. The molecule has 0 bridgehead atoms. The predicted molar refractivity (Wildman–Crippen MR) is 113 cm³/mol. The first kappa shape index (κ1) is 23.2. The topological polar surface area (TPSA) is 76.1 Å². The van der Waals surface area contributed by atoms with Crippen molar-refractivity contribution in [1.29, 1.82) is 0 Å². The summed E-state index contributed by atoms with van der Waals surface area (Å²) in [7, 11) is 0. The van der Waals surface area contributed by atoms with Gasteiger partial charge in [-0.3, -0.25) is 4.79 Å². The Balaban J connectivity index is 2.19. The van der Waals surface area contributed by atoms with Crippen molar-refractivity contribution in [2.24, 2.45) is 0 Å². The number of likely N-dealkylation sites (N-methyl/N-ethyl adjacent to an activating group) is 1. The number of aliphatic carboxylic acids is 1. The standard InChI is InChI=1S/C23H22F3NO5/c1-4-18-22(30)27(5-2)17-12-15(13(3)10-20(17)31-18)16-11-14(7-9-21(28)29)6-8-19(16)32-23(24,25)26/h6-12,18H,4-5H2,1-3H3,(H,28,29)/b9-7+. The van der Waals surface area contributed by atoms with Crippen LogP contribution >= 0.6 is 0 Å². The average molecular weight is 449 g/mol. The van der Waals surface area contributed by atoms with Crippen LogP contribution in [0.15, 0.2) is 36.4 Å². The Morgan fingerprint density at radius 1 is 1.22 bits per heavy atom. The van der Waals surface area contributed by atoms with Crippen molar-refractivity contribution >= 4 is 23.6 Å². The van der Waals surface area contributed by atoms with Gasteiger partial charge in [-0.05, 0) is 67.3 Å². The van der Waals surface area contributed by atoms with Crippen molar-refractivity contribution in [1.82, 2.24) is 0 Å². The number of ether oxygens (including phenoxy) is 2. The third-order valence-corrected chi connectivity index (χ3v) is 5.03. The molecule has 0 saturated heterocycles. The number of benzene rings is 2. The van der Waals surface area contributed by atoms with Crippen molar-refractivity contribution in [2.75, 3.05) is 11.4 Å². The van der Waals surface area contributed by atoms with Crippen LogP contribution in [0.3, 0.4) is 0 Å². The Hall–Kier alpha value is -3.49. The van der Waals surface area contributed by atoms with Crippen LogP contribution in [0.2, 0.25) is 0 Å². The van der Waals surface area contributed by atoms with E-state index < -0.39 is 24.2 Å². The number of hydrogen-bond donors (Lipinski definition) is 1. The number of carboxylic acid groups (broad SMARTS) is 1. The minimum absolute atomic E-state index is 0.108. The molecule has 1 aliphatic rings. The molecule has 6 nitrogen and oxygen atoms in total. The van der Waals surface area contributed by atoms with Gasteiger partial charge in [0.05, 0.1) is 5.69 Å². The lowest BCUT2D eigenvalue weighted by Gasteiger charge is -2.34. The van der Waals surface area contributed by atoms with Gasteiger partial charge in [0.1, 0.15) is 11.5 Å². The molecule has 1 amide bonds. The van der Waals surface area contributed by atoms with Gasteiger partial charge < -0.3 is 19.5 Å². The maximum Gasteiger partial charge on any atom is 0.573 e. The van der Waals surface area contributed by atoms with Crippen molar-refractivity contribution in [3.8, 4) is 22.6 Å². The molecule has 9 heteroatoms. The molecule has 0 radical (unpaired) electrons. The van der Waals surface area contributed by atoms with E-state index in [9.17, 15) is 22.8 Å². The fourth-order valence-corrected chi connectivity index (χ4v) is 3.59. The van der Waals surface area contributed by atoms with E-state index in [-0.39, 0.29) is 11.5 Å². The molecular formula is C23H22F3NO5. The molecule has 1 heterocycles. The molecule has 1 aliphatic heterocycles. The number of anilines is 1. The highest BCUT2D eigenvalue weighted by Crippen LogP contribution is 2.43. The zero-order chi connectivity index (χ0) is 23.6. The third-order valence-electron chi connectivity index (χ3n) is 5.03. The molecule has 0 spiro atoms. The van der Waals surface area contributed by atoms with E-state index in [0.29, 0.717) is 41.1 Å². The summed E-state index contributed by atoms with van der Waals surface area (Å²) in [6.07, 6.45) is -2.90. The van der Waals surface area contributed by atoms with E-state index in [1.54, 1.807) is 26.0 Å². The van der Waals surface area contributed by atoms with Gasteiger partial charge in [0.15, 0.2) is 6.10 Å². The van der Waals surface area contributed by atoms with E-state index in [0.717, 1.165) is 12.1 Å². The number of fused-ring (bicyclic) bond motifs is 1. The number of carbonyl (C=O) groups is 2. The fourth-order valence-electron chi connectivity index (χ4n) is 3.59. The minimum Gasteiger partial charge on any atom is -0.478 e. The summed E-state index contributed by atoms with van der Waals surface area (Å²) < 4.78 is 49.1. The Labute approximate surface area is 182 Å². The number of halogens is 3. The lowest BCUT2D eigenvalue weighted by Crippen LogP contribution is -2.45. The van der Waals surface area contributed by atoms with Crippen LogP contribution in [0, 0.1) is 6.92 Å². The third kappa shape index (κ3) is 4.87. The van der Waals surface area contributed by atoms with Crippen LogP contribution in [0.4, 0.5) is 18.9 Å². The summed E-state index contributed by atoms with van der Waals surface area (Å²) in [4.78, 5) is 25.1. The molecule has 0 aromatic heterocycles. The highest BCUT2D eigenvalue weighted by atomic mass is 19.4. The van der Waals surface area contributed by atoms with Gasteiger partial charge in [-0.25, -0.2) is 4.79 Å². The number of rotatable bonds is 6. The second-order valence-corrected chi connectivity index (χ2v) is 7.21. The lowest BCUT2D eigenvalue weighted by atomic mass is 9.95. The van der Waals surface area contributed by atoms with Crippen molar-refractivity contribution in [3.63, 3.8) is 0 Å². The van der Waals surface area contributed by atoms with E-state index >= 15 is 0 Å². The molecule has 2 aromatic rings. The molecule has 0 saturated carbocycles. The zero-order valence-electron chi connectivity index (χ0n) is 17.7.